The van der Waals surface area contributed by atoms with Gasteiger partial charge in [0.2, 0.25) is 5.76 Å². The molecule has 3 aromatic heterocycles. The van der Waals surface area contributed by atoms with Gasteiger partial charge in [0, 0.05) is 28.0 Å². The number of carbonyl (C=O) groups excluding carboxylic acids is 1. The van der Waals surface area contributed by atoms with Crippen molar-refractivity contribution in [2.45, 2.75) is 0 Å². The van der Waals surface area contributed by atoms with Crippen LogP contribution in [0.1, 0.15) is 10.6 Å². The highest BCUT2D eigenvalue weighted by Crippen LogP contribution is 2.40. The Kier molecular flexibility index (Phi) is 5.15. The molecule has 6 rings (SSSR count). The summed E-state index contributed by atoms with van der Waals surface area (Å²) in [4.78, 5) is 25.3. The summed E-state index contributed by atoms with van der Waals surface area (Å²) in [6.45, 7) is 0. The Morgan fingerprint density at radius 2 is 1.67 bits per heavy atom. The molecule has 7 heteroatoms. The molecule has 0 aliphatic rings. The van der Waals surface area contributed by atoms with E-state index in [2.05, 4.69) is 0 Å². The largest absolute Gasteiger partial charge is 0.493 e. The van der Waals surface area contributed by atoms with Crippen molar-refractivity contribution in [2.24, 2.45) is 0 Å². The number of rotatable bonds is 5. The van der Waals surface area contributed by atoms with Crippen LogP contribution in [0.25, 0.3) is 44.4 Å². The predicted molar refractivity (Wildman–Crippen MR) is 133 cm³/mol. The lowest BCUT2D eigenvalue weighted by Gasteiger charge is -2.12. The average molecular weight is 478 g/mol. The van der Waals surface area contributed by atoms with Crippen LogP contribution in [0.2, 0.25) is 0 Å². The quantitative estimate of drug-likeness (QED) is 0.155. The summed E-state index contributed by atoms with van der Waals surface area (Å²) >= 11 is 0. The summed E-state index contributed by atoms with van der Waals surface area (Å²) in [6.07, 6.45) is 1.40. The van der Waals surface area contributed by atoms with Crippen LogP contribution in [0, 0.1) is 0 Å². The molecule has 3 heterocycles. The second-order valence-electron chi connectivity index (χ2n) is 8.05. The minimum atomic E-state index is -0.649. The van der Waals surface area contributed by atoms with Gasteiger partial charge < -0.3 is 22.7 Å². The highest BCUT2D eigenvalue weighted by Gasteiger charge is 2.20. The van der Waals surface area contributed by atoms with Crippen molar-refractivity contribution in [1.29, 1.82) is 0 Å². The Balaban J connectivity index is 1.58. The number of para-hydroxylation sites is 1. The van der Waals surface area contributed by atoms with Crippen LogP contribution in [-0.4, -0.2) is 13.1 Å². The molecule has 0 fully saturated rings. The molecule has 3 aromatic carbocycles. The monoisotopic (exact) mass is 478 g/mol. The van der Waals surface area contributed by atoms with Gasteiger partial charge in [0.25, 0.3) is 0 Å². The molecule has 7 nitrogen and oxygen atoms in total. The first-order chi connectivity index (χ1) is 17.6. The zero-order valence-corrected chi connectivity index (χ0v) is 19.0. The number of methoxy groups -OCH3 is 1. The lowest BCUT2D eigenvalue weighted by atomic mass is 10.00. The number of hydrogen-bond acceptors (Lipinski definition) is 7. The van der Waals surface area contributed by atoms with Crippen molar-refractivity contribution in [3.8, 4) is 33.9 Å². The molecule has 0 amide bonds. The van der Waals surface area contributed by atoms with Gasteiger partial charge in [-0.25, -0.2) is 9.59 Å². The SMILES string of the molecule is COc1cccc2cc(-c3cc(=O)oc4cc(-c5ccccc5)c(OC(=O)c5ccco5)cc34)oc12. The first-order valence-corrected chi connectivity index (χ1v) is 11.1. The molecule has 0 aliphatic heterocycles. The summed E-state index contributed by atoms with van der Waals surface area (Å²) in [7, 11) is 1.56. The molecule has 0 unspecified atom stereocenters. The molecule has 0 aliphatic carbocycles. The van der Waals surface area contributed by atoms with Crippen LogP contribution in [0.5, 0.6) is 11.5 Å². The number of furan rings is 2. The highest BCUT2D eigenvalue weighted by atomic mass is 16.5. The fourth-order valence-corrected chi connectivity index (χ4v) is 4.19. The number of esters is 1. The second-order valence-corrected chi connectivity index (χ2v) is 8.05. The number of fused-ring (bicyclic) bond motifs is 2. The third kappa shape index (κ3) is 3.73. The molecular weight excluding hydrogens is 460 g/mol. The van der Waals surface area contributed by atoms with E-state index in [1.54, 1.807) is 31.4 Å². The molecule has 36 heavy (non-hydrogen) atoms. The van der Waals surface area contributed by atoms with Crippen LogP contribution in [0.15, 0.2) is 109 Å². The third-order valence-corrected chi connectivity index (χ3v) is 5.85. The maximum absolute atomic E-state index is 12.8. The van der Waals surface area contributed by atoms with Gasteiger partial charge in [-0.1, -0.05) is 42.5 Å². The van der Waals surface area contributed by atoms with Gasteiger partial charge in [0.1, 0.15) is 17.1 Å². The summed E-state index contributed by atoms with van der Waals surface area (Å²) in [5.41, 5.74) is 2.19. The van der Waals surface area contributed by atoms with E-state index in [0.29, 0.717) is 39.2 Å². The van der Waals surface area contributed by atoms with Gasteiger partial charge >= 0.3 is 11.6 Å². The van der Waals surface area contributed by atoms with E-state index in [9.17, 15) is 9.59 Å². The smallest absolute Gasteiger partial charge is 0.379 e. The first-order valence-electron chi connectivity index (χ1n) is 11.1. The summed E-state index contributed by atoms with van der Waals surface area (Å²) in [6, 6.07) is 24.6. The van der Waals surface area contributed by atoms with Crippen molar-refractivity contribution in [2.75, 3.05) is 7.11 Å². The lowest BCUT2D eigenvalue weighted by molar-refractivity contribution is 0.0702. The average Bonchev–Trinajstić information content (AvgIpc) is 3.59. The van der Waals surface area contributed by atoms with E-state index in [0.717, 1.165) is 10.9 Å². The molecule has 0 saturated carbocycles. The van der Waals surface area contributed by atoms with Gasteiger partial charge in [-0.15, -0.1) is 0 Å². The number of ether oxygens (including phenoxy) is 2. The summed E-state index contributed by atoms with van der Waals surface area (Å²) in [5, 5.41) is 1.35. The van der Waals surface area contributed by atoms with Crippen LogP contribution < -0.4 is 15.1 Å². The van der Waals surface area contributed by atoms with Gasteiger partial charge in [0.15, 0.2) is 11.3 Å². The van der Waals surface area contributed by atoms with Crippen LogP contribution in [0.3, 0.4) is 0 Å². The number of hydrogen-bond donors (Lipinski definition) is 0. The molecular formula is C29H18O7. The topological polar surface area (TPSA) is 92.0 Å². The molecule has 0 radical (unpaired) electrons. The lowest BCUT2D eigenvalue weighted by Crippen LogP contribution is -2.08. The zero-order valence-electron chi connectivity index (χ0n) is 19.0. The normalized spacial score (nSPS) is 11.1. The first kappa shape index (κ1) is 21.5. The van der Waals surface area contributed by atoms with Crippen LogP contribution >= 0.6 is 0 Å². The van der Waals surface area contributed by atoms with Gasteiger partial charge in [0.05, 0.1) is 13.4 Å². The Morgan fingerprint density at radius 3 is 2.44 bits per heavy atom. The van der Waals surface area contributed by atoms with E-state index in [-0.39, 0.29) is 11.5 Å². The number of benzene rings is 3. The molecule has 0 spiro atoms. The van der Waals surface area contributed by atoms with E-state index >= 15 is 0 Å². The second kappa shape index (κ2) is 8.63. The van der Waals surface area contributed by atoms with Crippen molar-refractivity contribution >= 4 is 27.9 Å². The molecule has 0 saturated heterocycles. The van der Waals surface area contributed by atoms with Crippen molar-refractivity contribution in [1.82, 2.24) is 0 Å². The molecule has 0 N–H and O–H groups in total. The van der Waals surface area contributed by atoms with Gasteiger partial charge in [-0.3, -0.25) is 0 Å². The van der Waals surface area contributed by atoms with E-state index in [4.69, 9.17) is 22.7 Å². The minimum Gasteiger partial charge on any atom is -0.493 e. The Morgan fingerprint density at radius 1 is 0.806 bits per heavy atom. The van der Waals surface area contributed by atoms with Crippen molar-refractivity contribution in [3.63, 3.8) is 0 Å². The van der Waals surface area contributed by atoms with Gasteiger partial charge in [-0.2, -0.15) is 0 Å². The van der Waals surface area contributed by atoms with E-state index in [1.165, 1.54) is 18.4 Å². The van der Waals surface area contributed by atoms with Crippen LogP contribution in [0.4, 0.5) is 0 Å². The van der Waals surface area contributed by atoms with Crippen LogP contribution in [-0.2, 0) is 0 Å². The van der Waals surface area contributed by atoms with E-state index < -0.39 is 11.6 Å². The van der Waals surface area contributed by atoms with Gasteiger partial charge in [-0.05, 0) is 42.0 Å². The molecule has 6 aromatic rings. The highest BCUT2D eigenvalue weighted by molar-refractivity contribution is 5.99. The standard InChI is InChI=1S/C29H18O7/c1-32-22-10-5-9-18-13-24(35-28(18)22)21-16-27(30)34-26-14-19(17-7-3-2-4-8-17)25(15-20(21)26)36-29(31)23-11-6-12-33-23/h2-16H,1H3. The fraction of sp³-hybridized carbons (Fsp3) is 0.0345. The molecule has 0 atom stereocenters. The fourth-order valence-electron chi connectivity index (χ4n) is 4.19. The minimum absolute atomic E-state index is 0.0679. The maximum atomic E-state index is 12.8. The third-order valence-electron chi connectivity index (χ3n) is 5.85. The summed E-state index contributed by atoms with van der Waals surface area (Å²) in [5.74, 6) is 0.717. The van der Waals surface area contributed by atoms with E-state index in [1.807, 2.05) is 48.5 Å². The molecule has 176 valence electrons. The predicted octanol–water partition coefficient (Wildman–Crippen LogP) is 6.69. The Bertz CT molecular complexity index is 1770. The maximum Gasteiger partial charge on any atom is 0.379 e. The number of carbonyl (C=O) groups is 1. The Labute approximate surface area is 204 Å². The van der Waals surface area contributed by atoms with Crippen molar-refractivity contribution in [3.05, 3.63) is 107 Å². The van der Waals surface area contributed by atoms with Crippen molar-refractivity contribution < 1.29 is 27.5 Å². The zero-order chi connectivity index (χ0) is 24.6. The Hall–Kier alpha value is -5.04. The molecule has 0 bridgehead atoms. The summed E-state index contributed by atoms with van der Waals surface area (Å²) < 4.78 is 28.0.